The number of para-hydroxylation sites is 2. The summed E-state index contributed by atoms with van der Waals surface area (Å²) in [6.07, 6.45) is 4.47. The molecule has 0 saturated carbocycles. The van der Waals surface area contributed by atoms with Crippen molar-refractivity contribution in [3.05, 3.63) is 107 Å². The number of allylic oxidation sites excluding steroid dienone is 1. The molecule has 0 fully saturated rings. The van der Waals surface area contributed by atoms with E-state index in [-0.39, 0.29) is 12.5 Å². The van der Waals surface area contributed by atoms with Gasteiger partial charge in [0.05, 0.1) is 16.8 Å². The van der Waals surface area contributed by atoms with Gasteiger partial charge in [-0.05, 0) is 59.7 Å². The molecule has 0 bridgehead atoms. The Balaban J connectivity index is 1.31. The van der Waals surface area contributed by atoms with Gasteiger partial charge in [0.25, 0.3) is 5.91 Å². The maximum absolute atomic E-state index is 13.4. The zero-order valence-corrected chi connectivity index (χ0v) is 19.2. The summed E-state index contributed by atoms with van der Waals surface area (Å²) in [5, 5.41) is 0.760. The lowest BCUT2D eigenvalue weighted by molar-refractivity contribution is -0.121. The van der Waals surface area contributed by atoms with Crippen molar-refractivity contribution >= 4 is 40.1 Å². The standard InChI is InChI=1S/C30H24N2O3/c33-27(32-17-16-21-10-4-7-13-26(21)32)19-35-30(34)28-23-11-5-6-12-25(23)31-29-22(14-15-24(28)29)18-20-8-2-1-3-9-20/h1-13,18H,14-17,19H2. The fourth-order valence-corrected chi connectivity index (χ4v) is 5.14. The molecular formula is C30H24N2O3. The topological polar surface area (TPSA) is 59.5 Å². The number of carbonyl (C=O) groups is 2. The molecule has 6 rings (SSSR count). The Hall–Kier alpha value is -4.25. The highest BCUT2D eigenvalue weighted by molar-refractivity contribution is 6.08. The molecular weight excluding hydrogens is 436 g/mol. The first kappa shape index (κ1) is 21.3. The van der Waals surface area contributed by atoms with Crippen LogP contribution in [0.3, 0.4) is 0 Å². The Kier molecular flexibility index (Phi) is 5.38. The van der Waals surface area contributed by atoms with Crippen molar-refractivity contribution in [3.8, 4) is 0 Å². The first-order valence-electron chi connectivity index (χ1n) is 11.9. The quantitative estimate of drug-likeness (QED) is 0.379. The highest BCUT2D eigenvalue weighted by Gasteiger charge is 2.29. The van der Waals surface area contributed by atoms with E-state index in [2.05, 4.69) is 18.2 Å². The second-order valence-corrected chi connectivity index (χ2v) is 8.91. The van der Waals surface area contributed by atoms with Crippen LogP contribution in [0.25, 0.3) is 22.6 Å². The Morgan fingerprint density at radius 1 is 0.886 bits per heavy atom. The number of rotatable bonds is 4. The SMILES string of the molecule is O=C(OCC(=O)N1CCc2ccccc21)c1c2c(nc3ccccc13)C(=Cc1ccccc1)CC2. The van der Waals surface area contributed by atoms with E-state index in [9.17, 15) is 9.59 Å². The summed E-state index contributed by atoms with van der Waals surface area (Å²) >= 11 is 0. The van der Waals surface area contributed by atoms with Gasteiger partial charge in [-0.1, -0.05) is 66.7 Å². The molecule has 1 aromatic heterocycles. The molecule has 2 heterocycles. The van der Waals surface area contributed by atoms with Gasteiger partial charge in [-0.25, -0.2) is 9.78 Å². The van der Waals surface area contributed by atoms with E-state index in [4.69, 9.17) is 9.72 Å². The van der Waals surface area contributed by atoms with Gasteiger partial charge in [-0.3, -0.25) is 4.79 Å². The minimum absolute atomic E-state index is 0.206. The molecule has 35 heavy (non-hydrogen) atoms. The van der Waals surface area contributed by atoms with Crippen molar-refractivity contribution in [2.75, 3.05) is 18.1 Å². The maximum atomic E-state index is 13.4. The van der Waals surface area contributed by atoms with Gasteiger partial charge >= 0.3 is 5.97 Å². The van der Waals surface area contributed by atoms with Crippen LogP contribution in [0, 0.1) is 0 Å². The van der Waals surface area contributed by atoms with E-state index >= 15 is 0 Å². The van der Waals surface area contributed by atoms with Crippen LogP contribution in [0.15, 0.2) is 78.9 Å². The first-order valence-corrected chi connectivity index (χ1v) is 11.9. The molecule has 172 valence electrons. The van der Waals surface area contributed by atoms with Gasteiger partial charge in [0.2, 0.25) is 0 Å². The number of carbonyl (C=O) groups excluding carboxylic acids is 2. The molecule has 0 atom stereocenters. The number of ether oxygens (including phenoxy) is 1. The Morgan fingerprint density at radius 3 is 2.54 bits per heavy atom. The molecule has 4 aromatic rings. The number of pyridine rings is 1. The fourth-order valence-electron chi connectivity index (χ4n) is 5.14. The summed E-state index contributed by atoms with van der Waals surface area (Å²) in [7, 11) is 0. The van der Waals surface area contributed by atoms with Crippen LogP contribution in [0.1, 0.15) is 39.2 Å². The fraction of sp³-hybridized carbons (Fsp3) is 0.167. The van der Waals surface area contributed by atoms with Crippen LogP contribution < -0.4 is 4.90 Å². The third-order valence-electron chi connectivity index (χ3n) is 6.80. The highest BCUT2D eigenvalue weighted by atomic mass is 16.5. The minimum atomic E-state index is -0.471. The number of aromatic nitrogens is 1. The molecule has 0 N–H and O–H groups in total. The lowest BCUT2D eigenvalue weighted by Gasteiger charge is -2.18. The Labute approximate surface area is 203 Å². The molecule has 0 spiro atoms. The molecule has 5 nitrogen and oxygen atoms in total. The van der Waals surface area contributed by atoms with Gasteiger partial charge < -0.3 is 9.64 Å². The zero-order valence-electron chi connectivity index (χ0n) is 19.2. The summed E-state index contributed by atoms with van der Waals surface area (Å²) in [5.74, 6) is -0.676. The van der Waals surface area contributed by atoms with Crippen LogP contribution >= 0.6 is 0 Å². The maximum Gasteiger partial charge on any atom is 0.339 e. The molecule has 5 heteroatoms. The van der Waals surface area contributed by atoms with E-state index in [0.717, 1.165) is 57.4 Å². The van der Waals surface area contributed by atoms with Crippen molar-refractivity contribution in [1.82, 2.24) is 4.98 Å². The number of hydrogen-bond donors (Lipinski definition) is 0. The normalized spacial score (nSPS) is 15.3. The van der Waals surface area contributed by atoms with E-state index in [1.807, 2.05) is 66.7 Å². The number of fused-ring (bicyclic) bond motifs is 3. The van der Waals surface area contributed by atoms with Crippen molar-refractivity contribution in [2.45, 2.75) is 19.3 Å². The largest absolute Gasteiger partial charge is 0.452 e. The molecule has 2 aliphatic rings. The van der Waals surface area contributed by atoms with Crippen LogP contribution in [-0.2, 0) is 22.4 Å². The van der Waals surface area contributed by atoms with Gasteiger partial charge in [0.15, 0.2) is 6.61 Å². The molecule has 3 aromatic carbocycles. The zero-order chi connectivity index (χ0) is 23.8. The highest BCUT2D eigenvalue weighted by Crippen LogP contribution is 2.38. The molecule has 0 radical (unpaired) electrons. The summed E-state index contributed by atoms with van der Waals surface area (Å²) in [6.45, 7) is 0.322. The Bertz CT molecular complexity index is 1490. The van der Waals surface area contributed by atoms with Crippen LogP contribution in [0.4, 0.5) is 5.69 Å². The first-order chi connectivity index (χ1) is 17.2. The van der Waals surface area contributed by atoms with E-state index in [0.29, 0.717) is 18.5 Å². The predicted molar refractivity (Wildman–Crippen MR) is 137 cm³/mol. The van der Waals surface area contributed by atoms with Crippen molar-refractivity contribution in [3.63, 3.8) is 0 Å². The number of benzene rings is 3. The molecule has 1 aliphatic heterocycles. The molecule has 1 amide bonds. The van der Waals surface area contributed by atoms with E-state index in [1.54, 1.807) is 4.90 Å². The van der Waals surface area contributed by atoms with Gasteiger partial charge in [-0.15, -0.1) is 0 Å². The average molecular weight is 461 g/mol. The predicted octanol–water partition coefficient (Wildman–Crippen LogP) is 5.47. The smallest absolute Gasteiger partial charge is 0.339 e. The molecule has 0 unspecified atom stereocenters. The lowest BCUT2D eigenvalue weighted by Crippen LogP contribution is -2.33. The monoisotopic (exact) mass is 460 g/mol. The second-order valence-electron chi connectivity index (χ2n) is 8.91. The van der Waals surface area contributed by atoms with Gasteiger partial charge in [0.1, 0.15) is 0 Å². The van der Waals surface area contributed by atoms with Crippen LogP contribution in [0.5, 0.6) is 0 Å². The Morgan fingerprint density at radius 2 is 1.66 bits per heavy atom. The van der Waals surface area contributed by atoms with Crippen LogP contribution in [0.2, 0.25) is 0 Å². The number of nitrogens with zero attached hydrogens (tertiary/aromatic N) is 2. The second kappa shape index (κ2) is 8.84. The summed E-state index contributed by atoms with van der Waals surface area (Å²) < 4.78 is 5.63. The number of amides is 1. The third kappa shape index (κ3) is 3.89. The summed E-state index contributed by atoms with van der Waals surface area (Å²) in [4.78, 5) is 32.9. The van der Waals surface area contributed by atoms with Gasteiger partial charge in [-0.2, -0.15) is 0 Å². The van der Waals surface area contributed by atoms with Crippen molar-refractivity contribution in [2.24, 2.45) is 0 Å². The third-order valence-corrected chi connectivity index (χ3v) is 6.80. The minimum Gasteiger partial charge on any atom is -0.452 e. The number of hydrogen-bond acceptors (Lipinski definition) is 4. The van der Waals surface area contributed by atoms with Crippen molar-refractivity contribution < 1.29 is 14.3 Å². The summed E-state index contributed by atoms with van der Waals surface area (Å²) in [6, 6.07) is 25.6. The average Bonchev–Trinajstić information content (AvgIpc) is 3.50. The summed E-state index contributed by atoms with van der Waals surface area (Å²) in [5.41, 5.74) is 7.27. The van der Waals surface area contributed by atoms with Crippen LogP contribution in [-0.4, -0.2) is 30.0 Å². The van der Waals surface area contributed by atoms with Gasteiger partial charge in [0, 0.05) is 17.6 Å². The van der Waals surface area contributed by atoms with Crippen molar-refractivity contribution in [1.29, 1.82) is 0 Å². The molecule has 1 aliphatic carbocycles. The molecule has 0 saturated heterocycles. The lowest BCUT2D eigenvalue weighted by atomic mass is 10.0. The number of anilines is 1. The van der Waals surface area contributed by atoms with E-state index < -0.39 is 5.97 Å². The van der Waals surface area contributed by atoms with E-state index in [1.165, 1.54) is 0 Å². The number of esters is 1.